The average Bonchev–Trinajstić information content (AvgIpc) is 2.10. The summed E-state index contributed by atoms with van der Waals surface area (Å²) in [5.41, 5.74) is 0. The zero-order valence-corrected chi connectivity index (χ0v) is 11.1. The first kappa shape index (κ1) is 13.0. The van der Waals surface area contributed by atoms with Crippen LogP contribution in [-0.4, -0.2) is 37.6 Å². The van der Waals surface area contributed by atoms with Crippen LogP contribution >= 0.6 is 0 Å². The molecule has 3 atom stereocenters. The molecule has 0 bridgehead atoms. The van der Waals surface area contributed by atoms with Crippen molar-refractivity contribution in [2.75, 3.05) is 20.6 Å². The van der Waals surface area contributed by atoms with Gasteiger partial charge in [0.05, 0.1) is 0 Å². The van der Waals surface area contributed by atoms with Crippen LogP contribution in [0.15, 0.2) is 0 Å². The topological polar surface area (TPSA) is 15.3 Å². The van der Waals surface area contributed by atoms with Crippen LogP contribution in [0, 0.1) is 11.8 Å². The fraction of sp³-hybridized carbons (Fsp3) is 1.00. The smallest absolute Gasteiger partial charge is 0.0169 e. The fourth-order valence-corrected chi connectivity index (χ4v) is 2.94. The minimum absolute atomic E-state index is 0.605. The molecule has 0 aromatic heterocycles. The molecule has 0 aliphatic heterocycles. The highest BCUT2D eigenvalue weighted by molar-refractivity contribution is 4.85. The molecule has 1 aliphatic carbocycles. The van der Waals surface area contributed by atoms with E-state index in [4.69, 9.17) is 0 Å². The zero-order chi connectivity index (χ0) is 11.4. The highest BCUT2D eigenvalue weighted by atomic mass is 15.1. The Morgan fingerprint density at radius 2 is 1.73 bits per heavy atom. The van der Waals surface area contributed by atoms with Crippen LogP contribution in [-0.2, 0) is 0 Å². The SMILES string of the molecule is CC(CN(C)C)NC1C(C)CCCC1C. The van der Waals surface area contributed by atoms with Gasteiger partial charge in [0, 0.05) is 18.6 Å². The van der Waals surface area contributed by atoms with E-state index in [2.05, 4.69) is 45.1 Å². The summed E-state index contributed by atoms with van der Waals surface area (Å²) < 4.78 is 0. The second-order valence-corrected chi connectivity index (χ2v) is 5.74. The van der Waals surface area contributed by atoms with Gasteiger partial charge in [-0.25, -0.2) is 0 Å². The Bertz CT molecular complexity index is 169. The van der Waals surface area contributed by atoms with E-state index in [0.717, 1.165) is 24.4 Å². The third-order valence-electron chi connectivity index (χ3n) is 3.66. The Hall–Kier alpha value is -0.0800. The van der Waals surface area contributed by atoms with E-state index < -0.39 is 0 Å². The summed E-state index contributed by atoms with van der Waals surface area (Å²) in [6.07, 6.45) is 4.22. The van der Waals surface area contributed by atoms with E-state index in [1.54, 1.807) is 0 Å². The molecule has 0 radical (unpaired) electrons. The standard InChI is InChI=1S/C13H28N2/c1-10-7-6-8-11(2)13(10)14-12(3)9-15(4)5/h10-14H,6-9H2,1-5H3. The van der Waals surface area contributed by atoms with Crippen molar-refractivity contribution in [2.45, 2.75) is 52.1 Å². The fourth-order valence-electron chi connectivity index (χ4n) is 2.94. The Balaban J connectivity index is 2.40. The number of nitrogens with one attached hydrogen (secondary N) is 1. The van der Waals surface area contributed by atoms with Crippen LogP contribution in [0.2, 0.25) is 0 Å². The number of likely N-dealkylation sites (N-methyl/N-ethyl adjacent to an activating group) is 1. The summed E-state index contributed by atoms with van der Waals surface area (Å²) in [4.78, 5) is 2.26. The van der Waals surface area contributed by atoms with Crippen molar-refractivity contribution in [3.05, 3.63) is 0 Å². The van der Waals surface area contributed by atoms with E-state index in [1.807, 2.05) is 0 Å². The molecule has 1 rings (SSSR count). The van der Waals surface area contributed by atoms with Crippen LogP contribution < -0.4 is 5.32 Å². The normalized spacial score (nSPS) is 34.4. The Labute approximate surface area is 95.4 Å². The lowest BCUT2D eigenvalue weighted by Crippen LogP contribution is -2.49. The van der Waals surface area contributed by atoms with Gasteiger partial charge in [-0.3, -0.25) is 0 Å². The van der Waals surface area contributed by atoms with Crippen molar-refractivity contribution in [2.24, 2.45) is 11.8 Å². The predicted molar refractivity (Wildman–Crippen MR) is 67.1 cm³/mol. The number of nitrogens with zero attached hydrogens (tertiary/aromatic N) is 1. The molecule has 2 nitrogen and oxygen atoms in total. The Morgan fingerprint density at radius 3 is 2.20 bits per heavy atom. The van der Waals surface area contributed by atoms with Gasteiger partial charge in [0.2, 0.25) is 0 Å². The van der Waals surface area contributed by atoms with Gasteiger partial charge in [-0.1, -0.05) is 20.3 Å². The highest BCUT2D eigenvalue weighted by Gasteiger charge is 2.28. The zero-order valence-electron chi connectivity index (χ0n) is 11.1. The summed E-state index contributed by atoms with van der Waals surface area (Å²) in [5.74, 6) is 1.69. The first-order valence-electron chi connectivity index (χ1n) is 6.41. The molecular formula is C13H28N2. The van der Waals surface area contributed by atoms with Crippen molar-refractivity contribution in [3.8, 4) is 0 Å². The molecule has 0 aromatic rings. The lowest BCUT2D eigenvalue weighted by Gasteiger charge is -2.37. The van der Waals surface area contributed by atoms with Gasteiger partial charge in [0.15, 0.2) is 0 Å². The van der Waals surface area contributed by atoms with Crippen molar-refractivity contribution in [1.29, 1.82) is 0 Å². The summed E-state index contributed by atoms with van der Waals surface area (Å²) >= 11 is 0. The molecule has 0 saturated heterocycles. The summed E-state index contributed by atoms with van der Waals surface area (Å²) in [7, 11) is 4.29. The average molecular weight is 212 g/mol. The molecule has 1 N–H and O–H groups in total. The molecule has 3 unspecified atom stereocenters. The molecule has 0 aromatic carbocycles. The van der Waals surface area contributed by atoms with Crippen LogP contribution in [0.3, 0.4) is 0 Å². The van der Waals surface area contributed by atoms with E-state index in [0.29, 0.717) is 6.04 Å². The molecule has 0 spiro atoms. The maximum atomic E-state index is 3.81. The monoisotopic (exact) mass is 212 g/mol. The van der Waals surface area contributed by atoms with Crippen molar-refractivity contribution in [1.82, 2.24) is 10.2 Å². The first-order valence-corrected chi connectivity index (χ1v) is 6.41. The summed E-state index contributed by atoms with van der Waals surface area (Å²) in [6.45, 7) is 8.23. The molecule has 1 fully saturated rings. The van der Waals surface area contributed by atoms with Crippen LogP contribution in [0.4, 0.5) is 0 Å². The maximum Gasteiger partial charge on any atom is 0.0169 e. The number of rotatable bonds is 4. The van der Waals surface area contributed by atoms with E-state index in [1.165, 1.54) is 19.3 Å². The molecule has 1 aliphatic rings. The van der Waals surface area contributed by atoms with Gasteiger partial charge in [0.1, 0.15) is 0 Å². The molecule has 90 valence electrons. The second kappa shape index (κ2) is 5.86. The molecule has 0 amide bonds. The lowest BCUT2D eigenvalue weighted by atomic mass is 9.78. The molecular weight excluding hydrogens is 184 g/mol. The summed E-state index contributed by atoms with van der Waals surface area (Å²) in [6, 6.07) is 1.33. The Morgan fingerprint density at radius 1 is 1.20 bits per heavy atom. The molecule has 15 heavy (non-hydrogen) atoms. The van der Waals surface area contributed by atoms with Gasteiger partial charge >= 0.3 is 0 Å². The van der Waals surface area contributed by atoms with Gasteiger partial charge in [-0.05, 0) is 45.7 Å². The second-order valence-electron chi connectivity index (χ2n) is 5.74. The Kier molecular flexibility index (Phi) is 5.07. The van der Waals surface area contributed by atoms with Crippen molar-refractivity contribution < 1.29 is 0 Å². The van der Waals surface area contributed by atoms with Gasteiger partial charge in [0.25, 0.3) is 0 Å². The van der Waals surface area contributed by atoms with Gasteiger partial charge < -0.3 is 10.2 Å². The maximum absolute atomic E-state index is 3.81. The molecule has 2 heteroatoms. The summed E-state index contributed by atoms with van der Waals surface area (Å²) in [5, 5.41) is 3.81. The lowest BCUT2D eigenvalue weighted by molar-refractivity contribution is 0.185. The minimum Gasteiger partial charge on any atom is -0.310 e. The van der Waals surface area contributed by atoms with Crippen molar-refractivity contribution >= 4 is 0 Å². The first-order chi connectivity index (χ1) is 7.00. The third kappa shape index (κ3) is 4.12. The van der Waals surface area contributed by atoms with Gasteiger partial charge in [-0.2, -0.15) is 0 Å². The van der Waals surface area contributed by atoms with E-state index in [-0.39, 0.29) is 0 Å². The number of hydrogen-bond acceptors (Lipinski definition) is 2. The molecule has 1 saturated carbocycles. The quantitative estimate of drug-likeness (QED) is 0.769. The molecule has 0 heterocycles. The van der Waals surface area contributed by atoms with Crippen LogP contribution in [0.1, 0.15) is 40.0 Å². The minimum atomic E-state index is 0.605. The van der Waals surface area contributed by atoms with E-state index in [9.17, 15) is 0 Å². The van der Waals surface area contributed by atoms with E-state index >= 15 is 0 Å². The highest BCUT2D eigenvalue weighted by Crippen LogP contribution is 2.29. The van der Waals surface area contributed by atoms with Gasteiger partial charge in [-0.15, -0.1) is 0 Å². The third-order valence-corrected chi connectivity index (χ3v) is 3.66. The largest absolute Gasteiger partial charge is 0.310 e. The predicted octanol–water partition coefficient (Wildman–Crippen LogP) is 2.35. The van der Waals surface area contributed by atoms with Crippen LogP contribution in [0.25, 0.3) is 0 Å². The van der Waals surface area contributed by atoms with Crippen molar-refractivity contribution in [3.63, 3.8) is 0 Å². The number of hydrogen-bond donors (Lipinski definition) is 1. The van der Waals surface area contributed by atoms with Crippen LogP contribution in [0.5, 0.6) is 0 Å².